The molecule has 0 saturated carbocycles. The first kappa shape index (κ1) is 9.39. The van der Waals surface area contributed by atoms with Crippen molar-refractivity contribution in [3.8, 4) is 0 Å². The molecule has 0 aliphatic carbocycles. The van der Waals surface area contributed by atoms with Crippen molar-refractivity contribution in [3.05, 3.63) is 24.5 Å². The largest absolute Gasteiger partial charge is 0.362 e. The maximum absolute atomic E-state index is 11.5. The Morgan fingerprint density at radius 1 is 1.38 bits per heavy atom. The van der Waals surface area contributed by atoms with Gasteiger partial charge in [0.25, 0.3) is 0 Å². The fourth-order valence-corrected chi connectivity index (χ4v) is 2.25. The van der Waals surface area contributed by atoms with Crippen molar-refractivity contribution in [2.45, 2.75) is 12.8 Å². The minimum atomic E-state index is 0.318. The smallest absolute Gasteiger partial charge is 0.152 e. The van der Waals surface area contributed by atoms with Gasteiger partial charge in [-0.3, -0.25) is 4.79 Å². The molecule has 0 atom stereocenters. The summed E-state index contributed by atoms with van der Waals surface area (Å²) in [6.45, 7) is 1.46. The first-order valence-electron chi connectivity index (χ1n) is 5.53. The minimum Gasteiger partial charge on any atom is -0.362 e. The summed E-state index contributed by atoms with van der Waals surface area (Å²) in [5.74, 6) is 0.318. The molecule has 2 heterocycles. The standard InChI is InChI=1S/C12H13N3O/c16-9-3-2-6-15(7-9)11-5-1-4-10-12(11)14-8-13-10/h1,4-5,8H,2-3,6-7H2,(H,13,14). The first-order chi connectivity index (χ1) is 7.84. The van der Waals surface area contributed by atoms with Gasteiger partial charge in [-0.25, -0.2) is 4.98 Å². The number of aromatic nitrogens is 2. The van der Waals surface area contributed by atoms with Crippen LogP contribution in [0.3, 0.4) is 0 Å². The molecule has 0 unspecified atom stereocenters. The topological polar surface area (TPSA) is 49.0 Å². The number of rotatable bonds is 1. The molecule has 1 aliphatic heterocycles. The number of ketones is 1. The van der Waals surface area contributed by atoms with Crippen molar-refractivity contribution in [1.29, 1.82) is 0 Å². The summed E-state index contributed by atoms with van der Waals surface area (Å²) >= 11 is 0. The van der Waals surface area contributed by atoms with E-state index >= 15 is 0 Å². The molecule has 0 spiro atoms. The van der Waals surface area contributed by atoms with Crippen molar-refractivity contribution in [2.75, 3.05) is 18.0 Å². The van der Waals surface area contributed by atoms with Crippen LogP contribution in [0.25, 0.3) is 11.0 Å². The van der Waals surface area contributed by atoms with E-state index in [9.17, 15) is 4.79 Å². The lowest BCUT2D eigenvalue weighted by atomic mass is 10.1. The number of anilines is 1. The van der Waals surface area contributed by atoms with E-state index in [2.05, 4.69) is 14.9 Å². The van der Waals surface area contributed by atoms with Crippen molar-refractivity contribution in [3.63, 3.8) is 0 Å². The van der Waals surface area contributed by atoms with Crippen LogP contribution in [0.5, 0.6) is 0 Å². The third kappa shape index (κ3) is 1.46. The molecule has 82 valence electrons. The summed E-state index contributed by atoms with van der Waals surface area (Å²) in [5.41, 5.74) is 3.04. The van der Waals surface area contributed by atoms with E-state index in [1.165, 1.54) is 0 Å². The van der Waals surface area contributed by atoms with E-state index in [0.717, 1.165) is 29.7 Å². The van der Waals surface area contributed by atoms with E-state index in [1.807, 2.05) is 18.2 Å². The summed E-state index contributed by atoms with van der Waals surface area (Å²) in [7, 11) is 0. The average Bonchev–Trinajstić information content (AvgIpc) is 2.76. The number of carbonyl (C=O) groups is 1. The van der Waals surface area contributed by atoms with Crippen molar-refractivity contribution in [1.82, 2.24) is 9.97 Å². The summed E-state index contributed by atoms with van der Waals surface area (Å²) in [6.07, 6.45) is 3.35. The van der Waals surface area contributed by atoms with Gasteiger partial charge < -0.3 is 9.88 Å². The molecule has 1 saturated heterocycles. The van der Waals surface area contributed by atoms with Gasteiger partial charge >= 0.3 is 0 Å². The number of Topliss-reactive ketones (excluding diaryl/α,β-unsaturated/α-hetero) is 1. The van der Waals surface area contributed by atoms with Gasteiger partial charge in [-0.15, -0.1) is 0 Å². The van der Waals surface area contributed by atoms with Crippen LogP contribution < -0.4 is 4.90 Å². The Labute approximate surface area is 93.3 Å². The average molecular weight is 215 g/mol. The summed E-state index contributed by atoms with van der Waals surface area (Å²) in [5, 5.41) is 0. The van der Waals surface area contributed by atoms with Gasteiger partial charge in [0.1, 0.15) is 5.52 Å². The molecule has 1 aromatic heterocycles. The van der Waals surface area contributed by atoms with Crippen LogP contribution in [0.1, 0.15) is 12.8 Å². The van der Waals surface area contributed by atoms with Crippen molar-refractivity contribution in [2.24, 2.45) is 0 Å². The van der Waals surface area contributed by atoms with Crippen LogP contribution in [-0.2, 0) is 4.79 Å². The number of nitrogens with one attached hydrogen (secondary N) is 1. The number of imidazole rings is 1. The van der Waals surface area contributed by atoms with Gasteiger partial charge in [-0.2, -0.15) is 0 Å². The molecule has 0 radical (unpaired) electrons. The Hall–Kier alpha value is -1.84. The SMILES string of the molecule is O=C1CCCN(c2cccc3[nH]cnc23)C1. The van der Waals surface area contributed by atoms with E-state index in [0.29, 0.717) is 18.7 Å². The van der Waals surface area contributed by atoms with E-state index in [1.54, 1.807) is 6.33 Å². The number of nitrogens with zero attached hydrogens (tertiary/aromatic N) is 2. The molecule has 4 nitrogen and oxygen atoms in total. The zero-order valence-electron chi connectivity index (χ0n) is 8.94. The Balaban J connectivity index is 2.04. The summed E-state index contributed by atoms with van der Waals surface area (Å²) in [6, 6.07) is 6.02. The maximum Gasteiger partial charge on any atom is 0.152 e. The second kappa shape index (κ2) is 3.63. The minimum absolute atomic E-state index is 0.318. The van der Waals surface area contributed by atoms with Crippen molar-refractivity contribution >= 4 is 22.5 Å². The molecule has 1 aliphatic rings. The normalized spacial score (nSPS) is 17.0. The molecule has 16 heavy (non-hydrogen) atoms. The van der Waals surface area contributed by atoms with Gasteiger partial charge in [0, 0.05) is 13.0 Å². The zero-order valence-corrected chi connectivity index (χ0v) is 8.94. The van der Waals surface area contributed by atoms with Crippen LogP contribution in [-0.4, -0.2) is 28.8 Å². The molecule has 1 fully saturated rings. The van der Waals surface area contributed by atoms with Gasteiger partial charge in [-0.1, -0.05) is 6.07 Å². The number of fused-ring (bicyclic) bond motifs is 1. The molecule has 2 aromatic rings. The highest BCUT2D eigenvalue weighted by Crippen LogP contribution is 2.25. The lowest BCUT2D eigenvalue weighted by Gasteiger charge is -2.27. The predicted molar refractivity (Wildman–Crippen MR) is 62.5 cm³/mol. The lowest BCUT2D eigenvalue weighted by molar-refractivity contribution is -0.118. The second-order valence-electron chi connectivity index (χ2n) is 4.14. The predicted octanol–water partition coefficient (Wildman–Crippen LogP) is 1.73. The van der Waals surface area contributed by atoms with E-state index in [4.69, 9.17) is 0 Å². The quantitative estimate of drug-likeness (QED) is 0.788. The number of hydrogen-bond donors (Lipinski definition) is 1. The highest BCUT2D eigenvalue weighted by atomic mass is 16.1. The first-order valence-corrected chi connectivity index (χ1v) is 5.53. The monoisotopic (exact) mass is 215 g/mol. The summed E-state index contributed by atoms with van der Waals surface area (Å²) < 4.78 is 0. The molecule has 3 rings (SSSR count). The Morgan fingerprint density at radius 2 is 2.31 bits per heavy atom. The molecule has 1 aromatic carbocycles. The van der Waals surface area contributed by atoms with Gasteiger partial charge in [0.2, 0.25) is 0 Å². The zero-order chi connectivity index (χ0) is 11.0. The van der Waals surface area contributed by atoms with Crippen LogP contribution in [0.15, 0.2) is 24.5 Å². The fourth-order valence-electron chi connectivity index (χ4n) is 2.25. The number of benzene rings is 1. The lowest BCUT2D eigenvalue weighted by Crippen LogP contribution is -2.35. The van der Waals surface area contributed by atoms with Gasteiger partial charge in [0.15, 0.2) is 5.78 Å². The molecule has 0 amide bonds. The van der Waals surface area contributed by atoms with Crippen LogP contribution >= 0.6 is 0 Å². The highest BCUT2D eigenvalue weighted by Gasteiger charge is 2.19. The second-order valence-corrected chi connectivity index (χ2v) is 4.14. The molecule has 0 bridgehead atoms. The Bertz CT molecular complexity index is 532. The number of piperidine rings is 1. The molecular weight excluding hydrogens is 202 g/mol. The number of H-pyrrole nitrogens is 1. The molecular formula is C12H13N3O. The summed E-state index contributed by atoms with van der Waals surface area (Å²) in [4.78, 5) is 21.0. The number of carbonyl (C=O) groups excluding carboxylic acids is 1. The number of hydrogen-bond acceptors (Lipinski definition) is 3. The van der Waals surface area contributed by atoms with Crippen molar-refractivity contribution < 1.29 is 4.79 Å². The Morgan fingerprint density at radius 3 is 3.19 bits per heavy atom. The highest BCUT2D eigenvalue weighted by molar-refractivity contribution is 5.92. The number of para-hydroxylation sites is 1. The van der Waals surface area contributed by atoms with Crippen LogP contribution in [0.2, 0.25) is 0 Å². The molecule has 4 heteroatoms. The van der Waals surface area contributed by atoms with Crippen LogP contribution in [0, 0.1) is 0 Å². The van der Waals surface area contributed by atoms with Crippen LogP contribution in [0.4, 0.5) is 5.69 Å². The van der Waals surface area contributed by atoms with Gasteiger partial charge in [-0.05, 0) is 18.6 Å². The number of aromatic amines is 1. The molecule has 1 N–H and O–H groups in total. The van der Waals surface area contributed by atoms with Gasteiger partial charge in [0.05, 0.1) is 24.1 Å². The fraction of sp³-hybridized carbons (Fsp3) is 0.333. The van der Waals surface area contributed by atoms with E-state index in [-0.39, 0.29) is 0 Å². The third-order valence-electron chi connectivity index (χ3n) is 3.02. The maximum atomic E-state index is 11.5. The Kier molecular flexibility index (Phi) is 2.13. The third-order valence-corrected chi connectivity index (χ3v) is 3.02. The van der Waals surface area contributed by atoms with E-state index < -0.39 is 0 Å².